The fourth-order valence-corrected chi connectivity index (χ4v) is 4.52. The van der Waals surface area contributed by atoms with Crippen molar-refractivity contribution < 1.29 is 9.47 Å². The second-order valence-electron chi connectivity index (χ2n) is 5.53. The highest BCUT2D eigenvalue weighted by atomic mass is 79.9. The van der Waals surface area contributed by atoms with Crippen LogP contribution in [0.4, 0.5) is 0 Å². The molecule has 0 fully saturated rings. The summed E-state index contributed by atoms with van der Waals surface area (Å²) in [5, 5.41) is 9.09. The molecule has 0 unspecified atom stereocenters. The smallest absolute Gasteiger partial charge is 0.210 e. The maximum atomic E-state index is 6.21. The van der Waals surface area contributed by atoms with Gasteiger partial charge >= 0.3 is 0 Å². The Morgan fingerprint density at radius 1 is 1.04 bits per heavy atom. The first-order chi connectivity index (χ1) is 12.6. The maximum absolute atomic E-state index is 6.21. The minimum absolute atomic E-state index is 0.563. The molecular weight excluding hydrogens is 484 g/mol. The molecule has 0 spiro atoms. The van der Waals surface area contributed by atoms with E-state index in [2.05, 4.69) is 42.1 Å². The molecule has 134 valence electrons. The molecule has 0 radical (unpaired) electrons. The molecule has 1 aliphatic rings. The number of benzene rings is 2. The van der Waals surface area contributed by atoms with Crippen molar-refractivity contribution in [1.82, 2.24) is 14.9 Å². The van der Waals surface area contributed by atoms with Gasteiger partial charge in [-0.1, -0.05) is 55.8 Å². The van der Waals surface area contributed by atoms with E-state index in [-0.39, 0.29) is 0 Å². The summed E-state index contributed by atoms with van der Waals surface area (Å²) in [6.07, 6.45) is 0. The summed E-state index contributed by atoms with van der Waals surface area (Å²) >= 11 is 8.62. The van der Waals surface area contributed by atoms with Gasteiger partial charge in [0.1, 0.15) is 13.2 Å². The van der Waals surface area contributed by atoms with Crippen LogP contribution in [0.25, 0.3) is 11.4 Å². The third-order valence-electron chi connectivity index (χ3n) is 3.85. The molecule has 0 atom stereocenters. The zero-order valence-corrected chi connectivity index (χ0v) is 17.5. The van der Waals surface area contributed by atoms with Gasteiger partial charge in [-0.2, -0.15) is 0 Å². The summed E-state index contributed by atoms with van der Waals surface area (Å²) in [6.45, 7) is 1.13. The van der Waals surface area contributed by atoms with Crippen molar-refractivity contribution in [3.8, 4) is 22.9 Å². The Balaban J connectivity index is 1.55. The van der Waals surface area contributed by atoms with Gasteiger partial charge in [-0.15, -0.1) is 10.2 Å². The summed E-state index contributed by atoms with van der Waals surface area (Å²) in [7, 11) is 0. The van der Waals surface area contributed by atoms with Gasteiger partial charge in [0.25, 0.3) is 0 Å². The van der Waals surface area contributed by atoms with Crippen LogP contribution in [0, 0.1) is 0 Å². The third kappa shape index (κ3) is 3.43. The van der Waals surface area contributed by atoms with Crippen molar-refractivity contribution in [2.45, 2.75) is 10.9 Å². The van der Waals surface area contributed by atoms with Gasteiger partial charge in [-0.25, -0.2) is 4.68 Å². The quantitative estimate of drug-likeness (QED) is 0.429. The van der Waals surface area contributed by atoms with Gasteiger partial charge in [0.2, 0.25) is 5.16 Å². The van der Waals surface area contributed by atoms with E-state index in [9.17, 15) is 0 Å². The van der Waals surface area contributed by atoms with Crippen LogP contribution in [-0.2, 0) is 5.75 Å². The number of ether oxygens (including phenoxy) is 2. The predicted octanol–water partition coefficient (Wildman–Crippen LogP) is 4.25. The molecule has 0 saturated carbocycles. The molecular formula is C17H14Br2N4O2S. The number of thioether (sulfide) groups is 1. The largest absolute Gasteiger partial charge is 0.486 e. The molecule has 1 aliphatic heterocycles. The van der Waals surface area contributed by atoms with Gasteiger partial charge in [0.15, 0.2) is 17.3 Å². The molecule has 1 aromatic heterocycles. The minimum Gasteiger partial charge on any atom is -0.486 e. The average molecular weight is 498 g/mol. The summed E-state index contributed by atoms with van der Waals surface area (Å²) < 4.78 is 14.6. The average Bonchev–Trinajstić information content (AvgIpc) is 3.01. The van der Waals surface area contributed by atoms with E-state index in [1.807, 2.05) is 36.4 Å². The van der Waals surface area contributed by atoms with Crippen molar-refractivity contribution in [1.29, 1.82) is 0 Å². The highest BCUT2D eigenvalue weighted by molar-refractivity contribution is 9.10. The van der Waals surface area contributed by atoms with E-state index in [1.165, 1.54) is 16.4 Å². The summed E-state index contributed by atoms with van der Waals surface area (Å²) in [6, 6.07) is 11.7. The summed E-state index contributed by atoms with van der Waals surface area (Å²) in [5.74, 6) is 9.01. The maximum Gasteiger partial charge on any atom is 0.210 e. The van der Waals surface area contributed by atoms with Gasteiger partial charge in [-0.3, -0.25) is 0 Å². The van der Waals surface area contributed by atoms with E-state index in [0.717, 1.165) is 31.6 Å². The zero-order valence-electron chi connectivity index (χ0n) is 13.5. The second kappa shape index (κ2) is 7.50. The van der Waals surface area contributed by atoms with Crippen LogP contribution in [0.2, 0.25) is 0 Å². The molecule has 3 aromatic rings. The van der Waals surface area contributed by atoms with Crippen molar-refractivity contribution in [3.63, 3.8) is 0 Å². The van der Waals surface area contributed by atoms with E-state index >= 15 is 0 Å². The first-order valence-electron chi connectivity index (χ1n) is 7.79. The predicted molar refractivity (Wildman–Crippen MR) is 108 cm³/mol. The molecule has 2 N–H and O–H groups in total. The highest BCUT2D eigenvalue weighted by Crippen LogP contribution is 2.38. The lowest BCUT2D eigenvalue weighted by atomic mass is 10.2. The molecule has 6 nitrogen and oxygen atoms in total. The Morgan fingerprint density at radius 3 is 2.54 bits per heavy atom. The highest BCUT2D eigenvalue weighted by Gasteiger charge is 2.17. The number of aromatic nitrogens is 3. The van der Waals surface area contributed by atoms with Crippen LogP contribution < -0.4 is 15.3 Å². The molecule has 26 heavy (non-hydrogen) atoms. The Morgan fingerprint density at radius 2 is 1.77 bits per heavy atom. The number of halogens is 2. The van der Waals surface area contributed by atoms with Crippen LogP contribution in [0.3, 0.4) is 0 Å². The number of hydrogen-bond acceptors (Lipinski definition) is 6. The Kier molecular flexibility index (Phi) is 5.10. The number of nitrogen functional groups attached to an aromatic ring is 1. The van der Waals surface area contributed by atoms with E-state index in [1.54, 1.807) is 0 Å². The Bertz CT molecular complexity index is 964. The summed E-state index contributed by atoms with van der Waals surface area (Å²) in [4.78, 5) is 0. The standard InChI is InChI=1S/C17H14Br2N4O2S/c18-12-4-2-1-3-11(12)16-21-22-17(23(16)20)26-9-10-7-14-15(8-13(10)19)25-6-5-24-14/h1-4,7-8H,5-6,9,20H2. The SMILES string of the molecule is Nn1c(SCc2cc3c(cc2Br)OCCO3)nnc1-c1ccccc1Br. The molecule has 9 heteroatoms. The first kappa shape index (κ1) is 17.7. The lowest BCUT2D eigenvalue weighted by Gasteiger charge is -2.19. The Labute approximate surface area is 171 Å². The van der Waals surface area contributed by atoms with Gasteiger partial charge in [0, 0.05) is 20.3 Å². The molecule has 4 rings (SSSR count). The van der Waals surface area contributed by atoms with Crippen molar-refractivity contribution in [2.24, 2.45) is 0 Å². The van der Waals surface area contributed by atoms with Crippen LogP contribution in [0.1, 0.15) is 5.56 Å². The summed E-state index contributed by atoms with van der Waals surface area (Å²) in [5.41, 5.74) is 1.97. The van der Waals surface area contributed by atoms with E-state index < -0.39 is 0 Å². The van der Waals surface area contributed by atoms with Crippen molar-refractivity contribution in [2.75, 3.05) is 19.1 Å². The van der Waals surface area contributed by atoms with E-state index in [4.69, 9.17) is 15.3 Å². The van der Waals surface area contributed by atoms with Gasteiger partial charge in [0.05, 0.1) is 0 Å². The molecule has 0 aliphatic carbocycles. The molecule has 2 aromatic carbocycles. The monoisotopic (exact) mass is 496 g/mol. The lowest BCUT2D eigenvalue weighted by molar-refractivity contribution is 0.171. The number of rotatable bonds is 4. The zero-order chi connectivity index (χ0) is 18.1. The molecule has 0 bridgehead atoms. The van der Waals surface area contributed by atoms with Crippen molar-refractivity contribution >= 4 is 43.6 Å². The lowest BCUT2D eigenvalue weighted by Crippen LogP contribution is -2.15. The van der Waals surface area contributed by atoms with Crippen LogP contribution in [-0.4, -0.2) is 28.1 Å². The number of nitrogens with zero attached hydrogens (tertiary/aromatic N) is 3. The van der Waals surface area contributed by atoms with Crippen LogP contribution in [0.15, 0.2) is 50.5 Å². The van der Waals surface area contributed by atoms with Gasteiger partial charge < -0.3 is 15.3 Å². The number of hydrogen-bond donors (Lipinski definition) is 1. The number of fused-ring (bicyclic) bond motifs is 1. The Hall–Kier alpha value is -1.71. The fourth-order valence-electron chi connectivity index (χ4n) is 2.56. The van der Waals surface area contributed by atoms with Crippen molar-refractivity contribution in [3.05, 3.63) is 50.9 Å². The van der Waals surface area contributed by atoms with Gasteiger partial charge in [-0.05, 0) is 29.8 Å². The molecule has 0 saturated heterocycles. The second-order valence-corrected chi connectivity index (χ2v) is 8.18. The van der Waals surface area contributed by atoms with Crippen LogP contribution in [0.5, 0.6) is 11.5 Å². The molecule has 2 heterocycles. The third-order valence-corrected chi connectivity index (χ3v) is 6.27. The fraction of sp³-hybridized carbons (Fsp3) is 0.176. The van der Waals surface area contributed by atoms with E-state index in [0.29, 0.717) is 29.9 Å². The first-order valence-corrected chi connectivity index (χ1v) is 10.4. The van der Waals surface area contributed by atoms with Crippen LogP contribution >= 0.6 is 43.6 Å². The topological polar surface area (TPSA) is 75.2 Å². The molecule has 0 amide bonds. The normalized spacial score (nSPS) is 13.0. The number of nitrogens with two attached hydrogens (primary N) is 1. The minimum atomic E-state index is 0.563.